The molecule has 1 aliphatic rings. The van der Waals surface area contributed by atoms with Gasteiger partial charge in [-0.3, -0.25) is 14.4 Å². The van der Waals surface area contributed by atoms with Gasteiger partial charge in [0.2, 0.25) is 5.91 Å². The van der Waals surface area contributed by atoms with Gasteiger partial charge in [0.25, 0.3) is 0 Å². The van der Waals surface area contributed by atoms with E-state index in [-0.39, 0.29) is 5.91 Å². The molecular formula is C17H22N8O. The topological polar surface area (TPSA) is 83.6 Å². The summed E-state index contributed by atoms with van der Waals surface area (Å²) in [6, 6.07) is 3.97. The average Bonchev–Trinajstić information content (AvgIpc) is 3.21. The van der Waals surface area contributed by atoms with E-state index in [4.69, 9.17) is 0 Å². The van der Waals surface area contributed by atoms with E-state index in [2.05, 4.69) is 30.3 Å². The van der Waals surface area contributed by atoms with Crippen LogP contribution in [-0.2, 0) is 11.8 Å². The van der Waals surface area contributed by atoms with E-state index in [1.165, 1.54) is 0 Å². The van der Waals surface area contributed by atoms with Gasteiger partial charge in [-0.15, -0.1) is 5.10 Å². The largest absolute Gasteiger partial charge is 0.353 e. The molecule has 0 aromatic carbocycles. The number of hydrogen-bond donors (Lipinski definition) is 1. The summed E-state index contributed by atoms with van der Waals surface area (Å²) in [6.45, 7) is 5.60. The molecule has 0 spiro atoms. The van der Waals surface area contributed by atoms with Gasteiger partial charge in [0.05, 0.1) is 17.9 Å². The van der Waals surface area contributed by atoms with Gasteiger partial charge in [0.15, 0.2) is 5.65 Å². The van der Waals surface area contributed by atoms with Gasteiger partial charge in [-0.2, -0.15) is 5.10 Å². The Kier molecular flexibility index (Phi) is 4.29. The number of nitrogens with one attached hydrogen (secondary N) is 1. The number of aryl methyl sites for hydroxylation is 2. The Bertz CT molecular complexity index is 922. The van der Waals surface area contributed by atoms with Crippen molar-refractivity contribution in [3.8, 4) is 0 Å². The van der Waals surface area contributed by atoms with Crippen LogP contribution in [0.25, 0.3) is 5.65 Å². The zero-order chi connectivity index (χ0) is 18.1. The lowest BCUT2D eigenvalue weighted by atomic mass is 10.3. The normalized spacial score (nSPS) is 15.5. The molecule has 1 fully saturated rings. The maximum absolute atomic E-state index is 12.3. The third kappa shape index (κ3) is 3.38. The molecule has 3 aromatic heterocycles. The lowest BCUT2D eigenvalue weighted by molar-refractivity contribution is -0.117. The maximum atomic E-state index is 12.3. The predicted octanol–water partition coefficient (Wildman–Crippen LogP) is 0.532. The van der Waals surface area contributed by atoms with Crippen LogP contribution in [-0.4, -0.2) is 67.9 Å². The molecule has 26 heavy (non-hydrogen) atoms. The van der Waals surface area contributed by atoms with Gasteiger partial charge in [0, 0.05) is 51.8 Å². The van der Waals surface area contributed by atoms with Gasteiger partial charge in [-0.1, -0.05) is 0 Å². The summed E-state index contributed by atoms with van der Waals surface area (Å²) in [5.74, 6) is 0.929. The molecule has 0 unspecified atom stereocenters. The molecule has 9 heteroatoms. The van der Waals surface area contributed by atoms with E-state index in [9.17, 15) is 4.79 Å². The van der Waals surface area contributed by atoms with Crippen LogP contribution >= 0.6 is 0 Å². The van der Waals surface area contributed by atoms with Crippen LogP contribution in [0.3, 0.4) is 0 Å². The van der Waals surface area contributed by atoms with E-state index >= 15 is 0 Å². The molecule has 0 saturated carbocycles. The molecule has 1 saturated heterocycles. The highest BCUT2D eigenvalue weighted by molar-refractivity contribution is 5.92. The van der Waals surface area contributed by atoms with Crippen LogP contribution in [0.15, 0.2) is 30.7 Å². The molecule has 3 aromatic rings. The Morgan fingerprint density at radius 2 is 2.00 bits per heavy atom. The average molecular weight is 354 g/mol. The zero-order valence-electron chi connectivity index (χ0n) is 15.0. The van der Waals surface area contributed by atoms with Crippen molar-refractivity contribution in [2.75, 3.05) is 42.9 Å². The third-order valence-corrected chi connectivity index (χ3v) is 4.59. The molecule has 9 nitrogen and oxygen atoms in total. The van der Waals surface area contributed by atoms with Crippen molar-refractivity contribution in [3.05, 3.63) is 36.4 Å². The summed E-state index contributed by atoms with van der Waals surface area (Å²) in [5, 5.41) is 11.8. The molecule has 0 radical (unpaired) electrons. The molecule has 1 aliphatic heterocycles. The number of hydrogen-bond acceptors (Lipinski definition) is 6. The SMILES string of the molecule is Cc1nn(C)cc1NC(=O)CN1CCN(c2ccc3nccn3n2)CC1. The summed E-state index contributed by atoms with van der Waals surface area (Å²) >= 11 is 0. The highest BCUT2D eigenvalue weighted by Gasteiger charge is 2.20. The second-order valence-corrected chi connectivity index (χ2v) is 6.53. The van der Waals surface area contributed by atoms with Gasteiger partial charge in [0.1, 0.15) is 5.82 Å². The number of fused-ring (bicyclic) bond motifs is 1. The number of nitrogens with zero attached hydrogens (tertiary/aromatic N) is 7. The summed E-state index contributed by atoms with van der Waals surface area (Å²) in [4.78, 5) is 20.9. The van der Waals surface area contributed by atoms with Crippen molar-refractivity contribution in [2.45, 2.75) is 6.92 Å². The van der Waals surface area contributed by atoms with Crippen LogP contribution in [0, 0.1) is 6.92 Å². The van der Waals surface area contributed by atoms with Crippen LogP contribution in [0.1, 0.15) is 5.69 Å². The van der Waals surface area contributed by atoms with Crippen molar-refractivity contribution in [1.29, 1.82) is 0 Å². The predicted molar refractivity (Wildman–Crippen MR) is 98.2 cm³/mol. The van der Waals surface area contributed by atoms with E-state index < -0.39 is 0 Å². The Balaban J connectivity index is 1.31. The van der Waals surface area contributed by atoms with Crippen LogP contribution < -0.4 is 10.2 Å². The van der Waals surface area contributed by atoms with Gasteiger partial charge in [-0.05, 0) is 19.1 Å². The van der Waals surface area contributed by atoms with Crippen molar-refractivity contribution in [1.82, 2.24) is 29.3 Å². The standard InChI is InChI=1S/C17H22N8O/c1-13-14(11-22(2)20-13)19-17(26)12-23-7-9-24(10-8-23)16-4-3-15-18-5-6-25(15)21-16/h3-6,11H,7-10,12H2,1-2H3,(H,19,26). The quantitative estimate of drug-likeness (QED) is 0.736. The number of imidazole rings is 1. The number of amides is 1. The van der Waals surface area contributed by atoms with Crippen LogP contribution in [0.2, 0.25) is 0 Å². The number of carbonyl (C=O) groups excluding carboxylic acids is 1. The molecule has 4 rings (SSSR count). The summed E-state index contributed by atoms with van der Waals surface area (Å²) in [6.07, 6.45) is 5.41. The van der Waals surface area contributed by atoms with Crippen molar-refractivity contribution in [2.24, 2.45) is 7.05 Å². The molecule has 1 amide bonds. The van der Waals surface area contributed by atoms with Crippen LogP contribution in [0.5, 0.6) is 0 Å². The van der Waals surface area contributed by atoms with Crippen molar-refractivity contribution >= 4 is 23.1 Å². The smallest absolute Gasteiger partial charge is 0.238 e. The number of anilines is 2. The molecule has 0 atom stereocenters. The minimum atomic E-state index is -0.00694. The Hall–Kier alpha value is -2.94. The first-order valence-electron chi connectivity index (χ1n) is 8.66. The first kappa shape index (κ1) is 16.5. The fraction of sp³-hybridized carbons (Fsp3) is 0.412. The van der Waals surface area contributed by atoms with Crippen molar-refractivity contribution in [3.63, 3.8) is 0 Å². The van der Waals surface area contributed by atoms with Gasteiger partial charge < -0.3 is 10.2 Å². The second-order valence-electron chi connectivity index (χ2n) is 6.53. The molecule has 0 aliphatic carbocycles. The first-order valence-corrected chi connectivity index (χ1v) is 8.66. The minimum Gasteiger partial charge on any atom is -0.353 e. The molecule has 4 heterocycles. The lowest BCUT2D eigenvalue weighted by Crippen LogP contribution is -2.49. The Morgan fingerprint density at radius 1 is 1.19 bits per heavy atom. The summed E-state index contributed by atoms with van der Waals surface area (Å²) in [7, 11) is 1.84. The number of rotatable bonds is 4. The highest BCUT2D eigenvalue weighted by atomic mass is 16.2. The van der Waals surface area contributed by atoms with E-state index in [1.54, 1.807) is 15.4 Å². The highest BCUT2D eigenvalue weighted by Crippen LogP contribution is 2.15. The molecule has 136 valence electrons. The fourth-order valence-electron chi connectivity index (χ4n) is 3.22. The van der Waals surface area contributed by atoms with Crippen LogP contribution in [0.4, 0.5) is 11.5 Å². The van der Waals surface area contributed by atoms with E-state index in [0.717, 1.165) is 49.0 Å². The number of piperazine rings is 1. The first-order chi connectivity index (χ1) is 12.6. The summed E-state index contributed by atoms with van der Waals surface area (Å²) in [5.41, 5.74) is 2.44. The lowest BCUT2D eigenvalue weighted by Gasteiger charge is -2.34. The minimum absolute atomic E-state index is 0.00694. The molecule has 0 bridgehead atoms. The molecular weight excluding hydrogens is 332 g/mol. The van der Waals surface area contributed by atoms with Crippen molar-refractivity contribution < 1.29 is 4.79 Å². The third-order valence-electron chi connectivity index (χ3n) is 4.59. The van der Waals surface area contributed by atoms with E-state index in [0.29, 0.717) is 6.54 Å². The monoisotopic (exact) mass is 354 g/mol. The number of carbonyl (C=O) groups is 1. The second kappa shape index (κ2) is 6.75. The summed E-state index contributed by atoms with van der Waals surface area (Å²) < 4.78 is 3.49. The van der Waals surface area contributed by atoms with Gasteiger partial charge >= 0.3 is 0 Å². The fourth-order valence-corrected chi connectivity index (χ4v) is 3.22. The Morgan fingerprint density at radius 3 is 2.73 bits per heavy atom. The zero-order valence-corrected chi connectivity index (χ0v) is 15.0. The molecule has 1 N–H and O–H groups in total. The van der Waals surface area contributed by atoms with E-state index in [1.807, 2.05) is 38.5 Å². The Labute approximate surface area is 151 Å². The maximum Gasteiger partial charge on any atom is 0.238 e. The van der Waals surface area contributed by atoms with Gasteiger partial charge in [-0.25, -0.2) is 9.50 Å². The number of aromatic nitrogens is 5.